The van der Waals surface area contributed by atoms with Crippen LogP contribution in [0.25, 0.3) is 11.3 Å². The second kappa shape index (κ2) is 12.2. The van der Waals surface area contributed by atoms with E-state index in [2.05, 4.69) is 71.7 Å². The van der Waals surface area contributed by atoms with E-state index in [1.807, 2.05) is 0 Å². The number of nitrogens with one attached hydrogen (secondary N) is 1. The molecule has 0 aliphatic carbocycles. The molecule has 3 heterocycles. The highest BCUT2D eigenvalue weighted by Crippen LogP contribution is 2.36. The normalized spacial score (nSPS) is 16.7. The van der Waals surface area contributed by atoms with Crippen LogP contribution in [-0.2, 0) is 4.79 Å². The van der Waals surface area contributed by atoms with Crippen LogP contribution in [0.15, 0.2) is 41.7 Å². The molecule has 0 bridgehead atoms. The van der Waals surface area contributed by atoms with Gasteiger partial charge >= 0.3 is 0 Å². The number of carbonyl (C=O) groups excluding carboxylic acids is 1. The number of benzene rings is 1. The Morgan fingerprint density at radius 3 is 2.41 bits per heavy atom. The van der Waals surface area contributed by atoms with Crippen LogP contribution in [0.5, 0.6) is 0 Å². The van der Waals surface area contributed by atoms with E-state index in [-0.39, 0.29) is 40.0 Å². The third kappa shape index (κ3) is 6.09. The Kier molecular flexibility index (Phi) is 8.92. The Hall–Kier alpha value is -3.43. The van der Waals surface area contributed by atoms with Crippen LogP contribution in [0.4, 0.5) is 15.9 Å². The average Bonchev–Trinajstić information content (AvgIpc) is 2.90. The van der Waals surface area contributed by atoms with Crippen LogP contribution >= 0.6 is 11.6 Å². The smallest absolute Gasteiger partial charge is 0.212 e. The maximum Gasteiger partial charge on any atom is 0.212 e. The number of anilines is 1. The van der Waals surface area contributed by atoms with Gasteiger partial charge in [-0.1, -0.05) is 51.4 Å². The zero-order valence-electron chi connectivity index (χ0n) is 23.2. The molecule has 3 aromatic rings. The molecule has 4 rings (SSSR count). The molecule has 0 saturated carbocycles. The van der Waals surface area contributed by atoms with Crippen LogP contribution in [0, 0.1) is 5.82 Å². The summed E-state index contributed by atoms with van der Waals surface area (Å²) in [6.07, 6.45) is 2.14. The van der Waals surface area contributed by atoms with Gasteiger partial charge < -0.3 is 15.1 Å². The summed E-state index contributed by atoms with van der Waals surface area (Å²) in [5, 5.41) is 2.96. The van der Waals surface area contributed by atoms with E-state index >= 15 is 0 Å². The highest BCUT2D eigenvalue weighted by molar-refractivity contribution is 6.33. The Labute approximate surface area is 234 Å². The van der Waals surface area contributed by atoms with Gasteiger partial charge in [0.2, 0.25) is 6.41 Å². The zero-order chi connectivity index (χ0) is 28.3. The number of likely N-dealkylation sites (N-methyl/N-ethyl adjacent to an activating group) is 1. The maximum atomic E-state index is 14.7. The van der Waals surface area contributed by atoms with Gasteiger partial charge in [0.25, 0.3) is 0 Å². The largest absolute Gasteiger partial charge is 0.353 e. The molecule has 39 heavy (non-hydrogen) atoms. The van der Waals surface area contributed by atoms with Gasteiger partial charge in [0.1, 0.15) is 29.5 Å². The van der Waals surface area contributed by atoms with Crippen molar-refractivity contribution in [2.45, 2.75) is 52.5 Å². The maximum absolute atomic E-state index is 14.7. The van der Waals surface area contributed by atoms with Crippen molar-refractivity contribution in [2.24, 2.45) is 4.99 Å². The number of rotatable bonds is 7. The summed E-state index contributed by atoms with van der Waals surface area (Å²) in [5.74, 6) is 0.603. The van der Waals surface area contributed by atoms with Crippen molar-refractivity contribution in [1.29, 1.82) is 0 Å². The summed E-state index contributed by atoms with van der Waals surface area (Å²) >= 11 is 6.76. The number of amidine groups is 1. The molecule has 1 atom stereocenters. The molecule has 8 nitrogen and oxygen atoms in total. The number of aliphatic imine (C=N–C) groups is 1. The number of hydrogen-bond acceptors (Lipinski definition) is 6. The van der Waals surface area contributed by atoms with Crippen molar-refractivity contribution >= 4 is 35.4 Å². The number of halogens is 2. The number of aromatic nitrogens is 3. The van der Waals surface area contributed by atoms with Crippen molar-refractivity contribution < 1.29 is 9.18 Å². The lowest BCUT2D eigenvalue weighted by atomic mass is 10.0. The van der Waals surface area contributed by atoms with E-state index in [1.54, 1.807) is 30.6 Å². The fourth-order valence-electron chi connectivity index (χ4n) is 4.68. The minimum atomic E-state index is -0.455. The van der Waals surface area contributed by atoms with E-state index in [1.165, 1.54) is 6.07 Å². The highest BCUT2D eigenvalue weighted by Gasteiger charge is 2.28. The first kappa shape index (κ1) is 28.6. The molecular formula is C29H35ClFN7O. The first-order valence-electron chi connectivity index (χ1n) is 13.2. The Balaban J connectivity index is 2.00. The van der Waals surface area contributed by atoms with Crippen molar-refractivity contribution in [3.8, 4) is 11.3 Å². The Morgan fingerprint density at radius 2 is 1.82 bits per heavy atom. The fourth-order valence-corrected chi connectivity index (χ4v) is 4.93. The second-order valence-corrected chi connectivity index (χ2v) is 10.9. The summed E-state index contributed by atoms with van der Waals surface area (Å²) in [6.45, 7) is 12.7. The summed E-state index contributed by atoms with van der Waals surface area (Å²) in [5.41, 5.74) is 3.39. The van der Waals surface area contributed by atoms with E-state index in [4.69, 9.17) is 16.6 Å². The molecule has 0 unspecified atom stereocenters. The molecule has 0 spiro atoms. The van der Waals surface area contributed by atoms with Crippen molar-refractivity contribution in [1.82, 2.24) is 24.8 Å². The predicted molar refractivity (Wildman–Crippen MR) is 154 cm³/mol. The minimum Gasteiger partial charge on any atom is -0.353 e. The summed E-state index contributed by atoms with van der Waals surface area (Å²) < 4.78 is 14.7. The number of nitrogens with zero attached hydrogens (tertiary/aromatic N) is 6. The Bertz CT molecular complexity index is 1350. The Morgan fingerprint density at radius 1 is 1.15 bits per heavy atom. The van der Waals surface area contributed by atoms with Crippen LogP contribution in [0.2, 0.25) is 5.02 Å². The number of carbonyl (C=O) groups is 1. The quantitative estimate of drug-likeness (QED) is 0.225. The van der Waals surface area contributed by atoms with Crippen LogP contribution in [0.1, 0.15) is 63.4 Å². The fraction of sp³-hybridized carbons (Fsp3) is 0.414. The molecule has 1 amide bonds. The van der Waals surface area contributed by atoms with E-state index in [9.17, 15) is 9.18 Å². The van der Waals surface area contributed by atoms with Gasteiger partial charge in [-0.05, 0) is 44.0 Å². The van der Waals surface area contributed by atoms with Crippen molar-refractivity contribution in [3.05, 3.63) is 64.5 Å². The number of amides is 1. The second-order valence-electron chi connectivity index (χ2n) is 10.5. The third-order valence-electron chi connectivity index (χ3n) is 6.99. The van der Waals surface area contributed by atoms with Crippen molar-refractivity contribution in [2.75, 3.05) is 32.0 Å². The molecule has 1 N–H and O–H groups in total. The molecule has 206 valence electrons. The molecule has 1 aromatic carbocycles. The van der Waals surface area contributed by atoms with Gasteiger partial charge in [-0.2, -0.15) is 0 Å². The van der Waals surface area contributed by atoms with E-state index < -0.39 is 5.82 Å². The predicted octanol–water partition coefficient (Wildman–Crippen LogP) is 5.86. The van der Waals surface area contributed by atoms with Gasteiger partial charge in [0.05, 0.1) is 27.7 Å². The van der Waals surface area contributed by atoms with Crippen LogP contribution in [0.3, 0.4) is 0 Å². The summed E-state index contributed by atoms with van der Waals surface area (Å²) in [7, 11) is 2.10. The molecule has 1 aliphatic rings. The first-order chi connectivity index (χ1) is 18.6. The molecule has 0 radical (unpaired) electrons. The molecular weight excluding hydrogens is 517 g/mol. The van der Waals surface area contributed by atoms with Crippen LogP contribution < -0.4 is 5.32 Å². The lowest BCUT2D eigenvalue weighted by molar-refractivity contribution is -0.105. The number of piperazine rings is 1. The van der Waals surface area contributed by atoms with E-state index in [0.717, 1.165) is 17.9 Å². The molecule has 1 fully saturated rings. The highest BCUT2D eigenvalue weighted by atomic mass is 35.5. The molecule has 1 saturated heterocycles. The van der Waals surface area contributed by atoms with Gasteiger partial charge in [0.15, 0.2) is 0 Å². The number of pyridine rings is 1. The molecule has 2 aromatic heterocycles. The topological polar surface area (TPSA) is 86.6 Å². The lowest BCUT2D eigenvalue weighted by Crippen LogP contribution is -2.52. The van der Waals surface area contributed by atoms with Gasteiger partial charge in [-0.15, -0.1) is 0 Å². The standard InChI is InChI=1S/C29H35ClFN7O/c1-17(2)24-27(25(18(3)4)33-15-32-24)36-29(38-12-11-37(6)19(5)14-38)21-13-22(30)26(35-28(21)34-16-39)20-9-7-8-10-23(20)31/h7-10,13,15-19H,11-12,14H2,1-6H3,(H,34,35,39)/t19-/m0/s1. The third-order valence-corrected chi connectivity index (χ3v) is 7.28. The monoisotopic (exact) mass is 551 g/mol. The van der Waals surface area contributed by atoms with E-state index in [0.29, 0.717) is 36.6 Å². The number of hydrogen-bond donors (Lipinski definition) is 1. The summed E-state index contributed by atoms with van der Waals surface area (Å²) in [4.78, 5) is 35.2. The van der Waals surface area contributed by atoms with Crippen molar-refractivity contribution in [3.63, 3.8) is 0 Å². The van der Waals surface area contributed by atoms with Gasteiger partial charge in [-0.25, -0.2) is 24.3 Å². The SMILES string of the molecule is CC(C)c1ncnc(C(C)C)c1N=C(c1cc(Cl)c(-c2ccccc2F)nc1NC=O)N1CCN(C)[C@@H](C)C1. The minimum absolute atomic E-state index is 0.106. The van der Waals surface area contributed by atoms with Gasteiger partial charge in [-0.3, -0.25) is 4.79 Å². The average molecular weight is 552 g/mol. The van der Waals surface area contributed by atoms with Crippen LogP contribution in [-0.4, -0.2) is 69.7 Å². The molecule has 1 aliphatic heterocycles. The lowest BCUT2D eigenvalue weighted by Gasteiger charge is -2.39. The van der Waals surface area contributed by atoms with Gasteiger partial charge in [0, 0.05) is 31.2 Å². The first-order valence-corrected chi connectivity index (χ1v) is 13.5. The summed E-state index contributed by atoms with van der Waals surface area (Å²) in [6, 6.07) is 8.24. The molecule has 10 heteroatoms. The zero-order valence-corrected chi connectivity index (χ0v) is 24.0.